The van der Waals surface area contributed by atoms with E-state index >= 15 is 0 Å². The second kappa shape index (κ2) is 7.79. The molecule has 1 aliphatic heterocycles. The van der Waals surface area contributed by atoms with E-state index in [1.54, 1.807) is 11.9 Å². The highest BCUT2D eigenvalue weighted by Crippen LogP contribution is 2.33. The molecule has 3 atom stereocenters. The van der Waals surface area contributed by atoms with Crippen LogP contribution in [0.5, 0.6) is 0 Å². The Kier molecular flexibility index (Phi) is 5.51. The molecule has 0 radical (unpaired) electrons. The number of benzene rings is 1. The summed E-state index contributed by atoms with van der Waals surface area (Å²) in [5.41, 5.74) is 1.08. The molecule has 5 heteroatoms. The first-order valence-corrected chi connectivity index (χ1v) is 8.95. The van der Waals surface area contributed by atoms with Gasteiger partial charge >= 0.3 is 0 Å². The van der Waals surface area contributed by atoms with Crippen LogP contribution in [0.25, 0.3) is 0 Å². The van der Waals surface area contributed by atoms with Crippen molar-refractivity contribution >= 4 is 11.8 Å². The molecule has 1 aromatic rings. The molecule has 1 aromatic carbocycles. The number of fused-ring (bicyclic) bond motifs is 1. The molecule has 1 saturated carbocycles. The number of amides is 2. The Morgan fingerprint density at radius 2 is 1.96 bits per heavy atom. The van der Waals surface area contributed by atoms with Gasteiger partial charge in [-0.1, -0.05) is 43.2 Å². The Balaban J connectivity index is 1.43. The van der Waals surface area contributed by atoms with E-state index in [9.17, 15) is 9.59 Å². The summed E-state index contributed by atoms with van der Waals surface area (Å²) in [7, 11) is 1.77. The molecular weight excluding hydrogens is 302 g/mol. The van der Waals surface area contributed by atoms with Crippen LogP contribution in [0.3, 0.4) is 0 Å². The maximum atomic E-state index is 12.3. The number of carbonyl (C=O) groups excluding carboxylic acids is 2. The van der Waals surface area contributed by atoms with Gasteiger partial charge in [-0.25, -0.2) is 0 Å². The summed E-state index contributed by atoms with van der Waals surface area (Å²) in [4.78, 5) is 26.2. The number of likely N-dealkylation sites (N-methyl/N-ethyl adjacent to an activating group) is 1. The third-order valence-corrected chi connectivity index (χ3v) is 5.28. The van der Waals surface area contributed by atoms with Crippen LogP contribution in [0, 0.1) is 5.92 Å². The first kappa shape index (κ1) is 17.0. The molecule has 2 fully saturated rings. The van der Waals surface area contributed by atoms with Crippen molar-refractivity contribution in [3.05, 3.63) is 35.9 Å². The molecule has 1 heterocycles. The van der Waals surface area contributed by atoms with E-state index in [1.807, 2.05) is 30.3 Å². The smallest absolute Gasteiger partial charge is 0.242 e. The fraction of sp³-hybridized carbons (Fsp3) is 0.579. The van der Waals surface area contributed by atoms with Gasteiger partial charge < -0.3 is 15.5 Å². The zero-order chi connectivity index (χ0) is 16.9. The number of hydrogen-bond donors (Lipinski definition) is 2. The largest absolute Gasteiger partial charge is 0.346 e. The third kappa shape index (κ3) is 4.15. The number of rotatable bonds is 5. The lowest BCUT2D eigenvalue weighted by Gasteiger charge is -2.24. The lowest BCUT2D eigenvalue weighted by atomic mass is 9.85. The molecular formula is C19H27N3O2. The van der Waals surface area contributed by atoms with E-state index in [0.29, 0.717) is 18.5 Å². The van der Waals surface area contributed by atoms with Gasteiger partial charge in [-0.3, -0.25) is 9.59 Å². The average Bonchev–Trinajstić information content (AvgIpc) is 3.04. The van der Waals surface area contributed by atoms with E-state index in [2.05, 4.69) is 10.6 Å². The first-order chi connectivity index (χ1) is 11.6. The zero-order valence-electron chi connectivity index (χ0n) is 14.3. The van der Waals surface area contributed by atoms with Crippen LogP contribution in [0.1, 0.15) is 37.7 Å². The monoisotopic (exact) mass is 329 g/mol. The highest BCUT2D eigenvalue weighted by atomic mass is 16.2. The number of hydrogen-bond acceptors (Lipinski definition) is 3. The lowest BCUT2D eigenvalue weighted by molar-refractivity contribution is -0.132. The number of carbonyl (C=O) groups is 2. The average molecular weight is 329 g/mol. The van der Waals surface area contributed by atoms with E-state index in [4.69, 9.17) is 0 Å². The van der Waals surface area contributed by atoms with Gasteiger partial charge in [0.15, 0.2) is 0 Å². The Morgan fingerprint density at radius 3 is 2.71 bits per heavy atom. The van der Waals surface area contributed by atoms with Gasteiger partial charge in [0.25, 0.3) is 0 Å². The van der Waals surface area contributed by atoms with E-state index in [0.717, 1.165) is 12.0 Å². The van der Waals surface area contributed by atoms with Crippen molar-refractivity contribution in [1.82, 2.24) is 15.5 Å². The molecule has 0 bridgehead atoms. The van der Waals surface area contributed by atoms with Gasteiger partial charge in [-0.05, 0) is 30.7 Å². The topological polar surface area (TPSA) is 61.4 Å². The highest BCUT2D eigenvalue weighted by molar-refractivity contribution is 5.87. The first-order valence-electron chi connectivity index (χ1n) is 8.95. The van der Waals surface area contributed by atoms with E-state index < -0.39 is 0 Å². The van der Waals surface area contributed by atoms with Crippen molar-refractivity contribution in [3.8, 4) is 0 Å². The summed E-state index contributed by atoms with van der Waals surface area (Å²) in [6, 6.07) is 10.2. The van der Waals surface area contributed by atoms with Gasteiger partial charge in [-0.15, -0.1) is 0 Å². The minimum atomic E-state index is -0.134. The summed E-state index contributed by atoms with van der Waals surface area (Å²) < 4.78 is 0. The fourth-order valence-electron chi connectivity index (χ4n) is 3.89. The van der Waals surface area contributed by atoms with Crippen molar-refractivity contribution in [2.45, 2.75) is 50.7 Å². The minimum Gasteiger partial charge on any atom is -0.346 e. The van der Waals surface area contributed by atoms with Crippen molar-refractivity contribution < 1.29 is 9.59 Å². The van der Waals surface area contributed by atoms with Crippen LogP contribution in [-0.4, -0.2) is 42.4 Å². The van der Waals surface area contributed by atoms with Crippen LogP contribution in [-0.2, 0) is 16.1 Å². The van der Waals surface area contributed by atoms with Crippen molar-refractivity contribution in [3.63, 3.8) is 0 Å². The summed E-state index contributed by atoms with van der Waals surface area (Å²) in [6.07, 6.45) is 5.84. The van der Waals surface area contributed by atoms with Crippen LogP contribution in [0.15, 0.2) is 30.3 Å². The molecule has 0 aromatic heterocycles. The van der Waals surface area contributed by atoms with Crippen molar-refractivity contribution in [1.29, 1.82) is 0 Å². The van der Waals surface area contributed by atoms with Gasteiger partial charge in [0.1, 0.15) is 0 Å². The minimum absolute atomic E-state index is 0.0362. The predicted molar refractivity (Wildman–Crippen MR) is 93.2 cm³/mol. The standard InChI is InChI=1S/C19H27N3O2/c1-22(13-14-7-3-2-4-8-14)18(23)12-20-19(24)17-11-15-9-5-6-10-16(15)21-17/h2-4,7-8,15-17,21H,5-6,9-13H2,1H3,(H,20,24). The third-order valence-electron chi connectivity index (χ3n) is 5.28. The molecule has 2 aliphatic rings. The molecule has 0 spiro atoms. The maximum Gasteiger partial charge on any atom is 0.242 e. The molecule has 5 nitrogen and oxygen atoms in total. The number of nitrogens with one attached hydrogen (secondary N) is 2. The van der Waals surface area contributed by atoms with E-state index in [1.165, 1.54) is 25.7 Å². The molecule has 2 N–H and O–H groups in total. The fourth-order valence-corrected chi connectivity index (χ4v) is 3.89. The van der Waals surface area contributed by atoms with Crippen LogP contribution in [0.2, 0.25) is 0 Å². The van der Waals surface area contributed by atoms with Gasteiger partial charge in [0.05, 0.1) is 12.6 Å². The highest BCUT2D eigenvalue weighted by Gasteiger charge is 2.38. The Morgan fingerprint density at radius 1 is 1.21 bits per heavy atom. The second-order valence-corrected chi connectivity index (χ2v) is 7.06. The molecule has 24 heavy (non-hydrogen) atoms. The molecule has 3 rings (SSSR count). The maximum absolute atomic E-state index is 12.3. The Bertz CT molecular complexity index is 561. The molecule has 2 amide bonds. The molecule has 1 aliphatic carbocycles. The normalized spacial score (nSPS) is 25.8. The number of nitrogens with zero attached hydrogens (tertiary/aromatic N) is 1. The zero-order valence-corrected chi connectivity index (χ0v) is 14.3. The predicted octanol–water partition coefficient (Wildman–Crippen LogP) is 1.68. The van der Waals surface area contributed by atoms with Gasteiger partial charge in [0, 0.05) is 19.6 Å². The summed E-state index contributed by atoms with van der Waals surface area (Å²) in [5, 5.41) is 6.26. The Labute approximate surface area is 143 Å². The second-order valence-electron chi connectivity index (χ2n) is 7.06. The van der Waals surface area contributed by atoms with Crippen LogP contribution < -0.4 is 10.6 Å². The lowest BCUT2D eigenvalue weighted by Crippen LogP contribution is -2.46. The summed E-state index contributed by atoms with van der Waals surface area (Å²) in [6.45, 7) is 0.622. The van der Waals surface area contributed by atoms with Crippen molar-refractivity contribution in [2.75, 3.05) is 13.6 Å². The quantitative estimate of drug-likeness (QED) is 0.864. The Hall–Kier alpha value is -1.88. The van der Waals surface area contributed by atoms with Gasteiger partial charge in [-0.2, -0.15) is 0 Å². The summed E-state index contributed by atoms with van der Waals surface area (Å²) in [5.74, 6) is 0.527. The molecule has 3 unspecified atom stereocenters. The van der Waals surface area contributed by atoms with Gasteiger partial charge in [0.2, 0.25) is 11.8 Å². The van der Waals surface area contributed by atoms with Crippen LogP contribution >= 0.6 is 0 Å². The summed E-state index contributed by atoms with van der Waals surface area (Å²) >= 11 is 0. The van der Waals surface area contributed by atoms with Crippen LogP contribution in [0.4, 0.5) is 0 Å². The molecule has 1 saturated heterocycles. The van der Waals surface area contributed by atoms with Crippen molar-refractivity contribution in [2.24, 2.45) is 5.92 Å². The molecule has 130 valence electrons. The van der Waals surface area contributed by atoms with E-state index in [-0.39, 0.29) is 24.4 Å². The SMILES string of the molecule is CN(Cc1ccccc1)C(=O)CNC(=O)C1CC2CCCCC2N1.